The van der Waals surface area contributed by atoms with E-state index in [4.69, 9.17) is 0 Å². The predicted octanol–water partition coefficient (Wildman–Crippen LogP) is 9.01. The third-order valence-corrected chi connectivity index (χ3v) is 7.48. The van der Waals surface area contributed by atoms with Crippen molar-refractivity contribution in [1.29, 1.82) is 0 Å². The fourth-order valence-electron chi connectivity index (χ4n) is 5.92. The monoisotopic (exact) mass is 458 g/mol. The van der Waals surface area contributed by atoms with Gasteiger partial charge >= 0.3 is 0 Å². The SMILES string of the molecule is c1ccc2cc(-n3c4ccccc4n4c5ccccc5c(-c5cccc6ccccc56)c34)ccc2c1. The van der Waals surface area contributed by atoms with E-state index < -0.39 is 0 Å². The Kier molecular flexibility index (Phi) is 3.97. The number of para-hydroxylation sites is 3. The van der Waals surface area contributed by atoms with Gasteiger partial charge in [-0.15, -0.1) is 0 Å². The summed E-state index contributed by atoms with van der Waals surface area (Å²) >= 11 is 0. The molecular weight excluding hydrogens is 436 g/mol. The van der Waals surface area contributed by atoms with Crippen LogP contribution in [0.25, 0.3) is 65.9 Å². The molecule has 0 unspecified atom stereocenters. The Morgan fingerprint density at radius 2 is 1.06 bits per heavy atom. The molecule has 2 heterocycles. The highest BCUT2D eigenvalue weighted by Crippen LogP contribution is 2.42. The van der Waals surface area contributed by atoms with Gasteiger partial charge in [-0.3, -0.25) is 8.97 Å². The van der Waals surface area contributed by atoms with E-state index in [1.54, 1.807) is 0 Å². The molecule has 2 heteroatoms. The zero-order valence-corrected chi connectivity index (χ0v) is 19.6. The second-order valence-corrected chi connectivity index (χ2v) is 9.43. The molecule has 8 aromatic rings. The molecule has 0 saturated carbocycles. The first kappa shape index (κ1) is 19.5. The Morgan fingerprint density at radius 3 is 1.92 bits per heavy atom. The summed E-state index contributed by atoms with van der Waals surface area (Å²) in [4.78, 5) is 0. The van der Waals surface area contributed by atoms with E-state index in [0.717, 1.165) is 0 Å². The van der Waals surface area contributed by atoms with Gasteiger partial charge in [-0.2, -0.15) is 0 Å². The average Bonchev–Trinajstić information content (AvgIpc) is 3.45. The number of fused-ring (bicyclic) bond motifs is 7. The highest BCUT2D eigenvalue weighted by Gasteiger charge is 2.23. The lowest BCUT2D eigenvalue weighted by Crippen LogP contribution is -1.95. The largest absolute Gasteiger partial charge is 0.293 e. The van der Waals surface area contributed by atoms with Gasteiger partial charge in [-0.25, -0.2) is 0 Å². The van der Waals surface area contributed by atoms with Gasteiger partial charge in [0.1, 0.15) is 5.65 Å². The van der Waals surface area contributed by atoms with Gasteiger partial charge in [0, 0.05) is 16.6 Å². The van der Waals surface area contributed by atoms with Crippen LogP contribution in [0, 0.1) is 0 Å². The summed E-state index contributed by atoms with van der Waals surface area (Å²) in [6.45, 7) is 0. The Labute approximate surface area is 208 Å². The van der Waals surface area contributed by atoms with Gasteiger partial charge in [-0.05, 0) is 57.4 Å². The van der Waals surface area contributed by atoms with Gasteiger partial charge in [0.05, 0.1) is 16.6 Å². The van der Waals surface area contributed by atoms with Gasteiger partial charge in [-0.1, -0.05) is 103 Å². The summed E-state index contributed by atoms with van der Waals surface area (Å²) in [7, 11) is 0. The van der Waals surface area contributed by atoms with Crippen molar-refractivity contribution in [2.24, 2.45) is 0 Å². The standard InChI is InChI=1S/C34H22N2/c1-2-12-25-22-26(21-20-23(25)10-1)35-31-18-7-8-19-32(31)36-30-17-6-5-15-29(30)33(34(35)36)28-16-9-13-24-11-3-4-14-27(24)28/h1-22H. The van der Waals surface area contributed by atoms with Crippen LogP contribution in [0.4, 0.5) is 0 Å². The molecule has 0 aliphatic rings. The maximum absolute atomic E-state index is 2.44. The molecule has 0 spiro atoms. The van der Waals surface area contributed by atoms with Crippen LogP contribution in [-0.2, 0) is 0 Å². The summed E-state index contributed by atoms with van der Waals surface area (Å²) in [5.41, 5.74) is 8.54. The molecule has 0 saturated heterocycles. The van der Waals surface area contributed by atoms with E-state index in [2.05, 4.69) is 142 Å². The fourth-order valence-corrected chi connectivity index (χ4v) is 5.92. The summed E-state index contributed by atoms with van der Waals surface area (Å²) < 4.78 is 4.88. The van der Waals surface area contributed by atoms with E-state index in [1.807, 2.05) is 0 Å². The van der Waals surface area contributed by atoms with Gasteiger partial charge in [0.25, 0.3) is 0 Å². The minimum Gasteiger partial charge on any atom is -0.293 e. The molecule has 0 atom stereocenters. The van der Waals surface area contributed by atoms with E-state index in [9.17, 15) is 0 Å². The maximum Gasteiger partial charge on any atom is 0.131 e. The molecular formula is C34H22N2. The molecule has 8 rings (SSSR count). The van der Waals surface area contributed by atoms with Crippen LogP contribution in [0.1, 0.15) is 0 Å². The lowest BCUT2D eigenvalue weighted by atomic mass is 9.97. The fraction of sp³-hybridized carbons (Fsp3) is 0. The molecule has 0 N–H and O–H groups in total. The topological polar surface area (TPSA) is 9.34 Å². The number of rotatable bonds is 2. The molecule has 36 heavy (non-hydrogen) atoms. The Morgan fingerprint density at radius 1 is 0.417 bits per heavy atom. The molecule has 2 nitrogen and oxygen atoms in total. The average molecular weight is 459 g/mol. The normalized spacial score (nSPS) is 11.9. The van der Waals surface area contributed by atoms with E-state index >= 15 is 0 Å². The first-order valence-corrected chi connectivity index (χ1v) is 12.4. The van der Waals surface area contributed by atoms with E-state index in [1.165, 1.54) is 65.9 Å². The van der Waals surface area contributed by atoms with Crippen molar-refractivity contribution in [2.75, 3.05) is 0 Å². The maximum atomic E-state index is 2.44. The molecule has 2 aromatic heterocycles. The van der Waals surface area contributed by atoms with Crippen LogP contribution in [0.15, 0.2) is 133 Å². The van der Waals surface area contributed by atoms with Gasteiger partial charge < -0.3 is 0 Å². The van der Waals surface area contributed by atoms with Gasteiger partial charge in [0.2, 0.25) is 0 Å². The zero-order chi connectivity index (χ0) is 23.6. The highest BCUT2D eigenvalue weighted by molar-refractivity contribution is 6.14. The Bertz CT molecular complexity index is 2100. The van der Waals surface area contributed by atoms with Gasteiger partial charge in [0.15, 0.2) is 0 Å². The van der Waals surface area contributed by atoms with E-state index in [-0.39, 0.29) is 0 Å². The van der Waals surface area contributed by atoms with Crippen LogP contribution in [-0.4, -0.2) is 8.97 Å². The highest BCUT2D eigenvalue weighted by atomic mass is 15.1. The molecule has 6 aromatic carbocycles. The van der Waals surface area contributed by atoms with Crippen LogP contribution < -0.4 is 0 Å². The van der Waals surface area contributed by atoms with Crippen molar-refractivity contribution in [3.8, 4) is 16.8 Å². The number of nitrogens with zero attached hydrogens (tertiary/aromatic N) is 2. The number of hydrogen-bond donors (Lipinski definition) is 0. The van der Waals surface area contributed by atoms with Crippen LogP contribution in [0.2, 0.25) is 0 Å². The number of benzene rings is 6. The summed E-state index contributed by atoms with van der Waals surface area (Å²) in [6.07, 6.45) is 0. The second-order valence-electron chi connectivity index (χ2n) is 9.43. The number of aromatic nitrogens is 2. The second kappa shape index (κ2) is 7.34. The molecule has 0 aliphatic carbocycles. The minimum atomic E-state index is 1.17. The summed E-state index contributed by atoms with van der Waals surface area (Å²) in [6, 6.07) is 48.3. The van der Waals surface area contributed by atoms with Crippen LogP contribution in [0.3, 0.4) is 0 Å². The lowest BCUT2D eigenvalue weighted by molar-refractivity contribution is 1.15. The smallest absolute Gasteiger partial charge is 0.131 e. The molecule has 0 aliphatic heterocycles. The number of hydrogen-bond acceptors (Lipinski definition) is 0. The van der Waals surface area contributed by atoms with Crippen LogP contribution >= 0.6 is 0 Å². The quantitative estimate of drug-likeness (QED) is 0.244. The third kappa shape index (κ3) is 2.61. The Balaban J connectivity index is 1.62. The Hall–Kier alpha value is -4.82. The first-order chi connectivity index (χ1) is 17.9. The number of imidazole rings is 1. The molecule has 0 bridgehead atoms. The lowest BCUT2D eigenvalue weighted by Gasteiger charge is -2.12. The van der Waals surface area contributed by atoms with Crippen molar-refractivity contribution in [2.45, 2.75) is 0 Å². The predicted molar refractivity (Wildman–Crippen MR) is 152 cm³/mol. The van der Waals surface area contributed by atoms with Crippen LogP contribution in [0.5, 0.6) is 0 Å². The van der Waals surface area contributed by atoms with Crippen molar-refractivity contribution >= 4 is 49.1 Å². The molecule has 0 fully saturated rings. The zero-order valence-electron chi connectivity index (χ0n) is 19.6. The minimum absolute atomic E-state index is 1.17. The van der Waals surface area contributed by atoms with Crippen molar-refractivity contribution in [3.05, 3.63) is 133 Å². The van der Waals surface area contributed by atoms with E-state index in [0.29, 0.717) is 0 Å². The van der Waals surface area contributed by atoms with Crippen molar-refractivity contribution in [3.63, 3.8) is 0 Å². The third-order valence-electron chi connectivity index (χ3n) is 7.48. The molecule has 168 valence electrons. The van der Waals surface area contributed by atoms with Crippen molar-refractivity contribution in [1.82, 2.24) is 8.97 Å². The summed E-state index contributed by atoms with van der Waals surface area (Å²) in [5.74, 6) is 0. The van der Waals surface area contributed by atoms with Crippen molar-refractivity contribution < 1.29 is 0 Å². The molecule has 0 radical (unpaired) electrons. The molecule has 0 amide bonds. The first-order valence-electron chi connectivity index (χ1n) is 12.4. The summed E-state index contributed by atoms with van der Waals surface area (Å²) in [5, 5.41) is 6.29.